The molecule has 0 atom stereocenters. The van der Waals surface area contributed by atoms with E-state index < -0.39 is 0 Å². The van der Waals surface area contributed by atoms with Crippen molar-refractivity contribution in [3.63, 3.8) is 0 Å². The number of aryl methyl sites for hydroxylation is 1. The summed E-state index contributed by atoms with van der Waals surface area (Å²) in [6.45, 7) is 2.18. The number of hydrogen-bond acceptors (Lipinski definition) is 1. The largest absolute Gasteiger partial charge is 0.296 e. The van der Waals surface area contributed by atoms with Crippen molar-refractivity contribution in [1.29, 1.82) is 0 Å². The lowest BCUT2D eigenvalue weighted by atomic mass is 10.0. The van der Waals surface area contributed by atoms with Crippen LogP contribution in [-0.4, -0.2) is 13.3 Å². The van der Waals surface area contributed by atoms with E-state index >= 15 is 0 Å². The topological polar surface area (TPSA) is 12.4 Å². The van der Waals surface area contributed by atoms with Crippen molar-refractivity contribution >= 4 is 17.0 Å². The van der Waals surface area contributed by atoms with Crippen molar-refractivity contribution in [1.82, 2.24) is 0 Å². The van der Waals surface area contributed by atoms with Crippen molar-refractivity contribution < 1.29 is 0 Å². The summed E-state index contributed by atoms with van der Waals surface area (Å²) in [5.41, 5.74) is 2.55. The lowest BCUT2D eigenvalue weighted by molar-refractivity contribution is 1.15. The summed E-state index contributed by atoms with van der Waals surface area (Å²) < 4.78 is 0. The van der Waals surface area contributed by atoms with Gasteiger partial charge in [-0.3, -0.25) is 4.99 Å². The number of nitrogens with zero attached hydrogens (tertiary/aromatic N) is 1. The molecule has 0 saturated carbocycles. The molecule has 76 valence electrons. The van der Waals surface area contributed by atoms with E-state index in [1.54, 1.807) is 7.05 Å². The van der Waals surface area contributed by atoms with Crippen LogP contribution in [0.4, 0.5) is 0 Å². The Morgan fingerprint density at radius 2 is 1.80 bits per heavy atom. The molecule has 0 bridgehead atoms. The lowest BCUT2D eigenvalue weighted by Gasteiger charge is -2.02. The fraction of sp³-hybridized carbons (Fsp3) is 0.214. The number of rotatable bonds is 2. The normalized spacial score (nSPS) is 11.3. The number of fused-ring (bicyclic) bond motifs is 1. The second-order valence-corrected chi connectivity index (χ2v) is 3.68. The number of aliphatic imine (C=N–C) groups is 1. The van der Waals surface area contributed by atoms with E-state index in [4.69, 9.17) is 0 Å². The fourth-order valence-corrected chi connectivity index (χ4v) is 1.76. The van der Waals surface area contributed by atoms with Gasteiger partial charge in [0, 0.05) is 13.3 Å². The fourth-order valence-electron chi connectivity index (χ4n) is 1.76. The molecule has 0 radical (unpaired) electrons. The third-order valence-corrected chi connectivity index (χ3v) is 2.62. The van der Waals surface area contributed by atoms with Crippen molar-refractivity contribution in [2.45, 2.75) is 13.3 Å². The van der Waals surface area contributed by atoms with Crippen LogP contribution in [-0.2, 0) is 6.42 Å². The van der Waals surface area contributed by atoms with Crippen LogP contribution in [0.25, 0.3) is 10.8 Å². The molecule has 0 aliphatic heterocycles. The molecule has 0 unspecified atom stereocenters. The molecule has 2 aromatic carbocycles. The van der Waals surface area contributed by atoms with Crippen LogP contribution >= 0.6 is 0 Å². The SMILES string of the molecule is CCc1ccc2cc(/C=N/C)ccc2c1. The maximum Gasteiger partial charge on any atom is 0.0281 e. The molecule has 0 saturated heterocycles. The zero-order valence-corrected chi connectivity index (χ0v) is 9.20. The average molecular weight is 197 g/mol. The van der Waals surface area contributed by atoms with Gasteiger partial charge in [0.25, 0.3) is 0 Å². The van der Waals surface area contributed by atoms with Crippen LogP contribution in [0, 0.1) is 0 Å². The van der Waals surface area contributed by atoms with Gasteiger partial charge in [-0.1, -0.05) is 37.3 Å². The van der Waals surface area contributed by atoms with Crippen molar-refractivity contribution in [3.05, 3.63) is 47.5 Å². The number of benzene rings is 2. The zero-order valence-electron chi connectivity index (χ0n) is 9.20. The Bertz CT molecular complexity index is 498. The van der Waals surface area contributed by atoms with Crippen LogP contribution in [0.2, 0.25) is 0 Å². The first kappa shape index (κ1) is 9.91. The average Bonchev–Trinajstić information content (AvgIpc) is 2.29. The zero-order chi connectivity index (χ0) is 10.7. The van der Waals surface area contributed by atoms with Crippen molar-refractivity contribution in [2.75, 3.05) is 7.05 Å². The van der Waals surface area contributed by atoms with Gasteiger partial charge in [-0.05, 0) is 34.4 Å². The molecule has 0 aliphatic carbocycles. The van der Waals surface area contributed by atoms with Gasteiger partial charge in [0.15, 0.2) is 0 Å². The molecule has 0 aliphatic rings. The number of hydrogen-bond donors (Lipinski definition) is 0. The molecule has 1 nitrogen and oxygen atoms in total. The van der Waals surface area contributed by atoms with E-state index in [0.717, 1.165) is 12.0 Å². The smallest absolute Gasteiger partial charge is 0.0281 e. The van der Waals surface area contributed by atoms with Crippen LogP contribution < -0.4 is 0 Å². The highest BCUT2D eigenvalue weighted by molar-refractivity contribution is 5.90. The lowest BCUT2D eigenvalue weighted by Crippen LogP contribution is -1.84. The summed E-state index contributed by atoms with van der Waals surface area (Å²) >= 11 is 0. The summed E-state index contributed by atoms with van der Waals surface area (Å²) in [5.74, 6) is 0. The second-order valence-electron chi connectivity index (χ2n) is 3.68. The van der Waals surface area contributed by atoms with E-state index in [0.29, 0.717) is 0 Å². The highest BCUT2D eigenvalue weighted by Gasteiger charge is 1.96. The predicted octanol–water partition coefficient (Wildman–Crippen LogP) is 3.45. The molecular weight excluding hydrogens is 182 g/mol. The Labute approximate surface area is 90.5 Å². The molecule has 0 N–H and O–H groups in total. The molecule has 15 heavy (non-hydrogen) atoms. The molecule has 0 amide bonds. The van der Waals surface area contributed by atoms with Crippen LogP contribution in [0.1, 0.15) is 18.1 Å². The van der Waals surface area contributed by atoms with Crippen LogP contribution in [0.5, 0.6) is 0 Å². The second kappa shape index (κ2) is 4.26. The Morgan fingerprint density at radius 3 is 2.53 bits per heavy atom. The van der Waals surface area contributed by atoms with E-state index in [1.165, 1.54) is 16.3 Å². The Hall–Kier alpha value is -1.63. The van der Waals surface area contributed by atoms with Gasteiger partial charge in [0.1, 0.15) is 0 Å². The first-order valence-electron chi connectivity index (χ1n) is 5.28. The van der Waals surface area contributed by atoms with Gasteiger partial charge in [0.05, 0.1) is 0 Å². The highest BCUT2D eigenvalue weighted by atomic mass is 14.6. The molecule has 0 aromatic heterocycles. The first-order valence-corrected chi connectivity index (χ1v) is 5.28. The Morgan fingerprint density at radius 1 is 1.07 bits per heavy atom. The molecular formula is C14H15N. The van der Waals surface area contributed by atoms with Gasteiger partial charge in [0.2, 0.25) is 0 Å². The van der Waals surface area contributed by atoms with Crippen LogP contribution in [0.15, 0.2) is 41.4 Å². The minimum absolute atomic E-state index is 1.09. The summed E-state index contributed by atoms with van der Waals surface area (Å²) in [6.07, 6.45) is 2.97. The highest BCUT2D eigenvalue weighted by Crippen LogP contribution is 2.17. The van der Waals surface area contributed by atoms with E-state index in [1.807, 2.05) is 6.21 Å². The standard InChI is InChI=1S/C14H15N/c1-3-11-4-6-14-9-12(10-15-2)5-7-13(14)8-11/h4-10H,3H2,1-2H3/b15-10+. The van der Waals surface area contributed by atoms with Gasteiger partial charge < -0.3 is 0 Å². The summed E-state index contributed by atoms with van der Waals surface area (Å²) in [4.78, 5) is 4.02. The third kappa shape index (κ3) is 2.07. The predicted molar refractivity (Wildman–Crippen MR) is 66.8 cm³/mol. The van der Waals surface area contributed by atoms with Crippen molar-refractivity contribution in [2.24, 2.45) is 4.99 Å². The third-order valence-electron chi connectivity index (χ3n) is 2.62. The Balaban J connectivity index is 2.54. The minimum atomic E-state index is 1.09. The van der Waals surface area contributed by atoms with Gasteiger partial charge in [-0.2, -0.15) is 0 Å². The van der Waals surface area contributed by atoms with Gasteiger partial charge >= 0.3 is 0 Å². The summed E-state index contributed by atoms with van der Waals surface area (Å²) in [5, 5.41) is 2.59. The summed E-state index contributed by atoms with van der Waals surface area (Å²) in [6, 6.07) is 13.1. The van der Waals surface area contributed by atoms with Gasteiger partial charge in [-0.25, -0.2) is 0 Å². The van der Waals surface area contributed by atoms with E-state index in [9.17, 15) is 0 Å². The summed E-state index contributed by atoms with van der Waals surface area (Å²) in [7, 11) is 1.80. The molecule has 0 fully saturated rings. The molecule has 1 heteroatoms. The monoisotopic (exact) mass is 197 g/mol. The van der Waals surface area contributed by atoms with E-state index in [-0.39, 0.29) is 0 Å². The van der Waals surface area contributed by atoms with Gasteiger partial charge in [-0.15, -0.1) is 0 Å². The Kier molecular flexibility index (Phi) is 2.82. The minimum Gasteiger partial charge on any atom is -0.296 e. The first-order chi connectivity index (χ1) is 7.33. The quantitative estimate of drug-likeness (QED) is 0.654. The molecule has 2 aromatic rings. The van der Waals surface area contributed by atoms with Crippen molar-refractivity contribution in [3.8, 4) is 0 Å². The molecule has 2 rings (SSSR count). The molecule has 0 spiro atoms. The van der Waals surface area contributed by atoms with Crippen LogP contribution in [0.3, 0.4) is 0 Å². The molecule has 0 heterocycles. The van der Waals surface area contributed by atoms with E-state index in [2.05, 4.69) is 48.3 Å². The maximum atomic E-state index is 4.02. The maximum absolute atomic E-state index is 4.02.